The molecular formula is C36H46. The van der Waals surface area contributed by atoms with Gasteiger partial charge < -0.3 is 0 Å². The van der Waals surface area contributed by atoms with Gasteiger partial charge in [-0.2, -0.15) is 0 Å². The lowest BCUT2D eigenvalue weighted by molar-refractivity contribution is 0.374. The second-order valence-electron chi connectivity index (χ2n) is 11.8. The van der Waals surface area contributed by atoms with E-state index in [2.05, 4.69) is 101 Å². The van der Waals surface area contributed by atoms with Crippen molar-refractivity contribution in [2.75, 3.05) is 0 Å². The predicted molar refractivity (Wildman–Crippen MR) is 158 cm³/mol. The van der Waals surface area contributed by atoms with Crippen molar-refractivity contribution in [1.29, 1.82) is 0 Å². The molecule has 2 unspecified atom stereocenters. The fourth-order valence-corrected chi connectivity index (χ4v) is 7.84. The van der Waals surface area contributed by atoms with Crippen LogP contribution in [-0.2, 0) is 10.8 Å². The molecule has 0 bridgehead atoms. The maximum Gasteiger partial charge on any atom is 0.0135 e. The SMILES string of the molecule is CCCC1(CCC)C=CC(CCC)(CCC)c2cc3c(cc21)C=CC3CCC1C=Cc2ccccc21. The highest BCUT2D eigenvalue weighted by Crippen LogP contribution is 2.52. The maximum absolute atomic E-state index is 2.70. The van der Waals surface area contributed by atoms with Crippen LogP contribution in [0.1, 0.15) is 137 Å². The first-order chi connectivity index (χ1) is 17.6. The van der Waals surface area contributed by atoms with Crippen molar-refractivity contribution in [3.8, 4) is 0 Å². The van der Waals surface area contributed by atoms with Crippen molar-refractivity contribution in [3.05, 3.63) is 94.1 Å². The van der Waals surface area contributed by atoms with E-state index in [4.69, 9.17) is 0 Å². The van der Waals surface area contributed by atoms with E-state index < -0.39 is 0 Å². The van der Waals surface area contributed by atoms with Crippen LogP contribution in [0, 0.1) is 0 Å². The molecule has 0 saturated heterocycles. The summed E-state index contributed by atoms with van der Waals surface area (Å²) in [6.45, 7) is 9.47. The number of benzene rings is 2. The Morgan fingerprint density at radius 3 is 1.67 bits per heavy atom. The van der Waals surface area contributed by atoms with Gasteiger partial charge in [-0.05, 0) is 71.9 Å². The molecule has 0 radical (unpaired) electrons. The smallest absolute Gasteiger partial charge is 0.0135 e. The van der Waals surface area contributed by atoms with E-state index in [-0.39, 0.29) is 10.8 Å². The standard InChI is InChI=1S/C36H46/c1-5-19-35(20-6-2)23-24-36(21-7-3,22-8-4)34-26-32-29(17-18-30(32)25-33(34)35)16-15-28-14-13-27-11-9-10-12-31(27)28/h9-14,17-18,23-26,28-29H,5-8,15-16,19-22H2,1-4H3. The van der Waals surface area contributed by atoms with Gasteiger partial charge >= 0.3 is 0 Å². The van der Waals surface area contributed by atoms with Gasteiger partial charge in [0.05, 0.1) is 0 Å². The summed E-state index contributed by atoms with van der Waals surface area (Å²) in [6.07, 6.45) is 27.5. The molecule has 3 aliphatic rings. The van der Waals surface area contributed by atoms with E-state index in [0.717, 1.165) is 0 Å². The Hall–Kier alpha value is -2.34. The van der Waals surface area contributed by atoms with E-state index in [9.17, 15) is 0 Å². The Kier molecular flexibility index (Phi) is 7.43. The van der Waals surface area contributed by atoms with Gasteiger partial charge in [-0.1, -0.05) is 126 Å². The molecule has 0 aromatic heterocycles. The minimum absolute atomic E-state index is 0.207. The number of fused-ring (bicyclic) bond motifs is 3. The van der Waals surface area contributed by atoms with Crippen LogP contribution in [0.3, 0.4) is 0 Å². The van der Waals surface area contributed by atoms with Crippen LogP contribution in [0.4, 0.5) is 0 Å². The van der Waals surface area contributed by atoms with Gasteiger partial charge in [0.1, 0.15) is 0 Å². The van der Waals surface area contributed by atoms with Crippen molar-refractivity contribution in [3.63, 3.8) is 0 Å². The molecule has 2 aromatic carbocycles. The number of allylic oxidation sites excluding steroid dienone is 4. The molecule has 2 atom stereocenters. The van der Waals surface area contributed by atoms with Gasteiger partial charge in [-0.25, -0.2) is 0 Å². The highest BCUT2D eigenvalue weighted by molar-refractivity contribution is 5.68. The lowest BCUT2D eigenvalue weighted by Crippen LogP contribution is -2.37. The van der Waals surface area contributed by atoms with Crippen LogP contribution < -0.4 is 0 Å². The molecule has 0 aliphatic heterocycles. The summed E-state index contributed by atoms with van der Waals surface area (Å²) in [7, 11) is 0. The van der Waals surface area contributed by atoms with E-state index in [0.29, 0.717) is 11.8 Å². The number of hydrogen-bond acceptors (Lipinski definition) is 0. The number of rotatable bonds is 11. The molecular weight excluding hydrogens is 432 g/mol. The molecule has 3 aliphatic carbocycles. The molecule has 0 spiro atoms. The Labute approximate surface area is 220 Å². The maximum atomic E-state index is 2.70. The Bertz CT molecular complexity index is 1140. The zero-order valence-corrected chi connectivity index (χ0v) is 23.2. The molecule has 190 valence electrons. The monoisotopic (exact) mass is 478 g/mol. The largest absolute Gasteiger partial charge is 0.0770 e. The fourth-order valence-electron chi connectivity index (χ4n) is 7.84. The summed E-state index contributed by atoms with van der Waals surface area (Å²) in [5, 5.41) is 0. The lowest BCUT2D eigenvalue weighted by atomic mass is 9.59. The quantitative estimate of drug-likeness (QED) is 0.282. The lowest BCUT2D eigenvalue weighted by Gasteiger charge is -2.45. The molecule has 2 aromatic rings. The number of hydrogen-bond donors (Lipinski definition) is 0. The van der Waals surface area contributed by atoms with E-state index in [1.54, 1.807) is 16.7 Å². The van der Waals surface area contributed by atoms with Crippen molar-refractivity contribution in [2.45, 2.75) is 115 Å². The Morgan fingerprint density at radius 2 is 1.08 bits per heavy atom. The van der Waals surface area contributed by atoms with Crippen molar-refractivity contribution in [1.82, 2.24) is 0 Å². The first kappa shape index (κ1) is 25.3. The third-order valence-corrected chi connectivity index (χ3v) is 9.40. The third-order valence-electron chi connectivity index (χ3n) is 9.40. The van der Waals surface area contributed by atoms with Gasteiger partial charge in [0.25, 0.3) is 0 Å². The van der Waals surface area contributed by atoms with Gasteiger partial charge in [0.2, 0.25) is 0 Å². The van der Waals surface area contributed by atoms with E-state index in [1.165, 1.54) is 80.9 Å². The summed E-state index contributed by atoms with van der Waals surface area (Å²) in [5.41, 5.74) is 9.78. The topological polar surface area (TPSA) is 0 Å². The van der Waals surface area contributed by atoms with Gasteiger partial charge in [-0.3, -0.25) is 0 Å². The summed E-state index contributed by atoms with van der Waals surface area (Å²) in [4.78, 5) is 0. The van der Waals surface area contributed by atoms with E-state index >= 15 is 0 Å². The summed E-state index contributed by atoms with van der Waals surface area (Å²) in [5.74, 6) is 1.12. The zero-order chi connectivity index (χ0) is 25.2. The van der Waals surface area contributed by atoms with Crippen molar-refractivity contribution >= 4 is 12.2 Å². The highest BCUT2D eigenvalue weighted by atomic mass is 14.5. The van der Waals surface area contributed by atoms with Gasteiger partial charge in [0, 0.05) is 22.7 Å². The van der Waals surface area contributed by atoms with E-state index in [1.807, 2.05) is 0 Å². The minimum atomic E-state index is 0.207. The Morgan fingerprint density at radius 1 is 0.583 bits per heavy atom. The second kappa shape index (κ2) is 10.6. The van der Waals surface area contributed by atoms with Crippen LogP contribution in [0.25, 0.3) is 12.2 Å². The predicted octanol–water partition coefficient (Wildman–Crippen LogP) is 10.6. The third kappa shape index (κ3) is 4.36. The molecule has 36 heavy (non-hydrogen) atoms. The summed E-state index contributed by atoms with van der Waals surface area (Å²) in [6, 6.07) is 14.3. The van der Waals surface area contributed by atoms with Crippen LogP contribution in [0.15, 0.2) is 60.7 Å². The normalized spacial score (nSPS) is 22.0. The van der Waals surface area contributed by atoms with Crippen LogP contribution in [-0.4, -0.2) is 0 Å². The first-order valence-electron chi connectivity index (χ1n) is 14.9. The van der Waals surface area contributed by atoms with Crippen LogP contribution >= 0.6 is 0 Å². The average Bonchev–Trinajstić information content (AvgIpc) is 3.48. The molecule has 0 amide bonds. The highest BCUT2D eigenvalue weighted by Gasteiger charge is 2.42. The Balaban J connectivity index is 1.51. The molecule has 0 heteroatoms. The molecule has 0 fully saturated rings. The summed E-state index contributed by atoms with van der Waals surface area (Å²) < 4.78 is 0. The van der Waals surface area contributed by atoms with Crippen molar-refractivity contribution < 1.29 is 0 Å². The first-order valence-corrected chi connectivity index (χ1v) is 14.9. The molecule has 0 nitrogen and oxygen atoms in total. The molecule has 0 heterocycles. The second-order valence-corrected chi connectivity index (χ2v) is 11.8. The van der Waals surface area contributed by atoms with Crippen LogP contribution in [0.2, 0.25) is 0 Å². The van der Waals surface area contributed by atoms with Crippen LogP contribution in [0.5, 0.6) is 0 Å². The zero-order valence-electron chi connectivity index (χ0n) is 23.2. The summed E-state index contributed by atoms with van der Waals surface area (Å²) >= 11 is 0. The minimum Gasteiger partial charge on any atom is -0.0770 e. The molecule has 0 saturated carbocycles. The molecule has 0 N–H and O–H groups in total. The fraction of sp³-hybridized carbons (Fsp3) is 0.500. The van der Waals surface area contributed by atoms with Gasteiger partial charge in [0.15, 0.2) is 0 Å². The van der Waals surface area contributed by atoms with Gasteiger partial charge in [-0.15, -0.1) is 0 Å². The average molecular weight is 479 g/mol. The molecule has 5 rings (SSSR count). The van der Waals surface area contributed by atoms with Crippen molar-refractivity contribution in [2.24, 2.45) is 0 Å².